The average molecular weight is 288 g/mol. The molecule has 0 aromatic heterocycles. The Hall–Kier alpha value is -1.06. The van der Waals surface area contributed by atoms with E-state index in [4.69, 9.17) is 4.74 Å². The number of nitrogens with one attached hydrogen (secondary N) is 1. The van der Waals surface area contributed by atoms with E-state index in [1.165, 1.54) is 62.9 Å². The minimum absolute atomic E-state index is 0.383. The highest BCUT2D eigenvalue weighted by Gasteiger charge is 2.36. The summed E-state index contributed by atoms with van der Waals surface area (Å²) in [6.07, 6.45) is 6.70. The predicted octanol–water partition coefficient (Wildman–Crippen LogP) is 3.11. The number of nitrogens with zero attached hydrogens (tertiary/aromatic N) is 1. The van der Waals surface area contributed by atoms with Gasteiger partial charge in [-0.1, -0.05) is 30.5 Å². The Morgan fingerprint density at radius 1 is 1.24 bits per heavy atom. The quantitative estimate of drug-likeness (QED) is 0.925. The molecule has 1 N–H and O–H groups in total. The second kappa shape index (κ2) is 6.37. The van der Waals surface area contributed by atoms with E-state index in [-0.39, 0.29) is 0 Å². The molecule has 2 fully saturated rings. The van der Waals surface area contributed by atoms with E-state index in [0.717, 1.165) is 12.3 Å². The van der Waals surface area contributed by atoms with Crippen molar-refractivity contribution in [1.82, 2.24) is 10.2 Å². The first-order valence-electron chi connectivity index (χ1n) is 8.32. The molecule has 0 bridgehead atoms. The SMILES string of the molecule is COc1ccc(C)cc1CN1CCCNC2(CCCC2)C1. The molecule has 1 aliphatic carbocycles. The molecule has 21 heavy (non-hydrogen) atoms. The minimum atomic E-state index is 0.383. The summed E-state index contributed by atoms with van der Waals surface area (Å²) >= 11 is 0. The van der Waals surface area contributed by atoms with Crippen molar-refractivity contribution in [3.63, 3.8) is 0 Å². The van der Waals surface area contributed by atoms with Crippen LogP contribution >= 0.6 is 0 Å². The predicted molar refractivity (Wildman–Crippen MR) is 86.8 cm³/mol. The summed E-state index contributed by atoms with van der Waals surface area (Å²) in [4.78, 5) is 2.63. The van der Waals surface area contributed by atoms with Crippen molar-refractivity contribution in [3.8, 4) is 5.75 Å². The maximum atomic E-state index is 5.55. The molecule has 0 amide bonds. The van der Waals surface area contributed by atoms with E-state index in [1.807, 2.05) is 0 Å². The van der Waals surface area contributed by atoms with Gasteiger partial charge in [0.1, 0.15) is 5.75 Å². The highest BCUT2D eigenvalue weighted by Crippen LogP contribution is 2.32. The van der Waals surface area contributed by atoms with Crippen LogP contribution in [0.3, 0.4) is 0 Å². The van der Waals surface area contributed by atoms with Crippen LogP contribution in [-0.4, -0.2) is 37.2 Å². The fraction of sp³-hybridized carbons (Fsp3) is 0.667. The zero-order chi connectivity index (χ0) is 14.7. The van der Waals surface area contributed by atoms with Crippen LogP contribution in [0.5, 0.6) is 5.75 Å². The normalized spacial score (nSPS) is 22.4. The number of hydrogen-bond donors (Lipinski definition) is 1. The van der Waals surface area contributed by atoms with Crippen molar-refractivity contribution in [2.24, 2.45) is 0 Å². The molecule has 1 saturated heterocycles. The van der Waals surface area contributed by atoms with Crippen LogP contribution in [0.4, 0.5) is 0 Å². The summed E-state index contributed by atoms with van der Waals surface area (Å²) in [5.41, 5.74) is 3.02. The smallest absolute Gasteiger partial charge is 0.123 e. The number of rotatable bonds is 3. The number of benzene rings is 1. The van der Waals surface area contributed by atoms with E-state index in [0.29, 0.717) is 5.54 Å². The lowest BCUT2D eigenvalue weighted by molar-refractivity contribution is 0.201. The van der Waals surface area contributed by atoms with Gasteiger partial charge >= 0.3 is 0 Å². The van der Waals surface area contributed by atoms with Gasteiger partial charge in [0.25, 0.3) is 0 Å². The van der Waals surface area contributed by atoms with Crippen LogP contribution in [0.25, 0.3) is 0 Å². The molecule has 1 saturated carbocycles. The van der Waals surface area contributed by atoms with Gasteiger partial charge < -0.3 is 10.1 Å². The summed E-state index contributed by atoms with van der Waals surface area (Å²) < 4.78 is 5.55. The molecular formula is C18H28N2O. The first-order chi connectivity index (χ1) is 10.2. The first kappa shape index (κ1) is 14.9. The van der Waals surface area contributed by atoms with Gasteiger partial charge in [-0.25, -0.2) is 0 Å². The lowest BCUT2D eigenvalue weighted by atomic mass is 9.97. The molecule has 1 aromatic carbocycles. The second-order valence-electron chi connectivity index (χ2n) is 6.79. The van der Waals surface area contributed by atoms with Gasteiger partial charge in [0.15, 0.2) is 0 Å². The van der Waals surface area contributed by atoms with Gasteiger partial charge in [-0.3, -0.25) is 4.90 Å². The van der Waals surface area contributed by atoms with E-state index in [1.54, 1.807) is 7.11 Å². The third kappa shape index (κ3) is 3.41. The molecule has 0 atom stereocenters. The Kier molecular flexibility index (Phi) is 4.51. The van der Waals surface area contributed by atoms with Crippen molar-refractivity contribution >= 4 is 0 Å². The number of aryl methyl sites for hydroxylation is 1. The van der Waals surface area contributed by atoms with E-state index >= 15 is 0 Å². The summed E-state index contributed by atoms with van der Waals surface area (Å²) in [6, 6.07) is 6.51. The zero-order valence-electron chi connectivity index (χ0n) is 13.5. The molecule has 3 heteroatoms. The molecule has 1 heterocycles. The van der Waals surface area contributed by atoms with Crippen molar-refractivity contribution in [2.45, 2.75) is 51.1 Å². The topological polar surface area (TPSA) is 24.5 Å². The molecule has 3 nitrogen and oxygen atoms in total. The number of ether oxygens (including phenoxy) is 1. The molecular weight excluding hydrogens is 260 g/mol. The standard InChI is InChI=1S/C18H28N2O/c1-15-6-7-17(21-2)16(12-15)13-20-11-5-10-19-18(14-20)8-3-4-9-18/h6-7,12,19H,3-5,8-11,13-14H2,1-2H3. The maximum Gasteiger partial charge on any atom is 0.123 e. The minimum Gasteiger partial charge on any atom is -0.496 e. The van der Waals surface area contributed by atoms with Crippen molar-refractivity contribution in [1.29, 1.82) is 0 Å². The Balaban J connectivity index is 1.75. The summed E-state index contributed by atoms with van der Waals surface area (Å²) in [6.45, 7) is 6.71. The highest BCUT2D eigenvalue weighted by molar-refractivity contribution is 5.36. The number of hydrogen-bond acceptors (Lipinski definition) is 3. The maximum absolute atomic E-state index is 5.55. The molecule has 116 valence electrons. The highest BCUT2D eigenvalue weighted by atomic mass is 16.5. The van der Waals surface area contributed by atoms with Crippen LogP contribution < -0.4 is 10.1 Å². The first-order valence-corrected chi connectivity index (χ1v) is 8.32. The van der Waals surface area contributed by atoms with Crippen molar-refractivity contribution < 1.29 is 4.74 Å². The van der Waals surface area contributed by atoms with Crippen LogP contribution in [0.15, 0.2) is 18.2 Å². The van der Waals surface area contributed by atoms with Gasteiger partial charge in [-0.2, -0.15) is 0 Å². The summed E-state index contributed by atoms with van der Waals surface area (Å²) in [7, 11) is 1.77. The van der Waals surface area contributed by atoms with E-state index in [2.05, 4.69) is 35.3 Å². The molecule has 2 aliphatic rings. The third-order valence-corrected chi connectivity index (χ3v) is 5.07. The molecule has 1 spiro atoms. The molecule has 1 aromatic rings. The molecule has 0 unspecified atom stereocenters. The van der Waals surface area contributed by atoms with Crippen molar-refractivity contribution in [2.75, 3.05) is 26.7 Å². The monoisotopic (exact) mass is 288 g/mol. The van der Waals surface area contributed by atoms with Gasteiger partial charge in [0, 0.05) is 24.2 Å². The zero-order valence-corrected chi connectivity index (χ0v) is 13.5. The van der Waals surface area contributed by atoms with Gasteiger partial charge in [-0.05, 0) is 45.3 Å². The summed E-state index contributed by atoms with van der Waals surface area (Å²) in [5, 5.41) is 3.84. The second-order valence-corrected chi connectivity index (χ2v) is 6.79. The Morgan fingerprint density at radius 3 is 2.81 bits per heavy atom. The van der Waals surface area contributed by atoms with Crippen molar-refractivity contribution in [3.05, 3.63) is 29.3 Å². The van der Waals surface area contributed by atoms with Gasteiger partial charge in [0.05, 0.1) is 7.11 Å². The molecule has 1 aliphatic heterocycles. The van der Waals surface area contributed by atoms with Gasteiger partial charge in [-0.15, -0.1) is 0 Å². The average Bonchev–Trinajstić information content (AvgIpc) is 2.82. The fourth-order valence-corrected chi connectivity index (χ4v) is 4.01. The molecule has 0 radical (unpaired) electrons. The van der Waals surface area contributed by atoms with E-state index in [9.17, 15) is 0 Å². The van der Waals surface area contributed by atoms with Crippen LogP contribution in [0.2, 0.25) is 0 Å². The Labute approximate surface area is 128 Å². The van der Waals surface area contributed by atoms with Gasteiger partial charge in [0.2, 0.25) is 0 Å². The Bertz CT molecular complexity index is 480. The third-order valence-electron chi connectivity index (χ3n) is 5.07. The Morgan fingerprint density at radius 2 is 2.05 bits per heavy atom. The van der Waals surface area contributed by atoms with Crippen LogP contribution in [-0.2, 0) is 6.54 Å². The molecule has 3 rings (SSSR count). The van der Waals surface area contributed by atoms with E-state index < -0.39 is 0 Å². The van der Waals surface area contributed by atoms with Crippen LogP contribution in [0.1, 0.15) is 43.2 Å². The lowest BCUT2D eigenvalue weighted by Gasteiger charge is -2.33. The fourth-order valence-electron chi connectivity index (χ4n) is 4.01. The summed E-state index contributed by atoms with van der Waals surface area (Å²) in [5.74, 6) is 1.03. The largest absolute Gasteiger partial charge is 0.496 e. The number of methoxy groups -OCH3 is 1. The lowest BCUT2D eigenvalue weighted by Crippen LogP contribution is -2.49. The van der Waals surface area contributed by atoms with Crippen LogP contribution in [0, 0.1) is 6.92 Å².